The van der Waals surface area contributed by atoms with Crippen LogP contribution in [0, 0.1) is 21.6 Å². The van der Waals surface area contributed by atoms with Crippen molar-refractivity contribution in [1.82, 2.24) is 0 Å². The number of allylic oxidation sites excluding steroid dienone is 2. The molecule has 1 saturated carbocycles. The summed E-state index contributed by atoms with van der Waals surface area (Å²) in [4.78, 5) is 13.9. The van der Waals surface area contributed by atoms with Crippen molar-refractivity contribution in [2.75, 3.05) is 0 Å². The van der Waals surface area contributed by atoms with E-state index < -0.39 is 0 Å². The Kier molecular flexibility index (Phi) is 6.22. The first-order valence-electron chi connectivity index (χ1n) is 10.8. The zero-order valence-corrected chi connectivity index (χ0v) is 19.3. The molecule has 2 aromatic rings. The van der Waals surface area contributed by atoms with Gasteiger partial charge < -0.3 is 11.5 Å². The number of nitrogens with two attached hydrogens (primary N) is 2. The van der Waals surface area contributed by atoms with Gasteiger partial charge in [-0.05, 0) is 47.0 Å². The molecule has 6 N–H and O–H groups in total. The summed E-state index contributed by atoms with van der Waals surface area (Å²) in [6.45, 7) is 8.51. The molecule has 1 fully saturated rings. The lowest BCUT2D eigenvalue weighted by Crippen LogP contribution is -2.22. The van der Waals surface area contributed by atoms with Crippen LogP contribution in [0.15, 0.2) is 59.7 Å². The van der Waals surface area contributed by atoms with E-state index in [4.69, 9.17) is 22.3 Å². The van der Waals surface area contributed by atoms with Gasteiger partial charge in [-0.3, -0.25) is 15.6 Å². The SMILES string of the molecule is CC1(C)CCC(C)(C)C(=Cc2ccc(C(=N)N)cc2)C(=O)C1=Cc1ccc(C(=N)N)cc1. The molecule has 0 spiro atoms. The highest BCUT2D eigenvalue weighted by atomic mass is 16.1. The summed E-state index contributed by atoms with van der Waals surface area (Å²) < 4.78 is 0. The third-order valence-corrected chi connectivity index (χ3v) is 6.39. The number of hydrogen-bond donors (Lipinski definition) is 4. The molecular formula is C27H32N4O. The van der Waals surface area contributed by atoms with Crippen molar-refractivity contribution in [1.29, 1.82) is 10.8 Å². The van der Waals surface area contributed by atoms with Gasteiger partial charge in [0.15, 0.2) is 5.78 Å². The van der Waals surface area contributed by atoms with Gasteiger partial charge in [-0.1, -0.05) is 76.2 Å². The molecule has 1 aliphatic rings. The lowest BCUT2D eigenvalue weighted by molar-refractivity contribution is -0.113. The average Bonchev–Trinajstić information content (AvgIpc) is 2.79. The van der Waals surface area contributed by atoms with E-state index in [1.54, 1.807) is 24.3 Å². The smallest absolute Gasteiger partial charge is 0.186 e. The minimum atomic E-state index is -0.276. The molecule has 2 aromatic carbocycles. The third-order valence-electron chi connectivity index (χ3n) is 6.39. The predicted octanol–water partition coefficient (Wildman–Crippen LogP) is 5.14. The topological polar surface area (TPSA) is 117 Å². The van der Waals surface area contributed by atoms with Crippen LogP contribution in [0.2, 0.25) is 0 Å². The van der Waals surface area contributed by atoms with E-state index in [2.05, 4.69) is 27.7 Å². The first-order chi connectivity index (χ1) is 14.9. The van der Waals surface area contributed by atoms with E-state index in [0.717, 1.165) is 35.1 Å². The van der Waals surface area contributed by atoms with Crippen LogP contribution in [-0.4, -0.2) is 17.5 Å². The Bertz CT molecular complexity index is 1030. The maximum absolute atomic E-state index is 13.9. The summed E-state index contributed by atoms with van der Waals surface area (Å²) >= 11 is 0. The summed E-state index contributed by atoms with van der Waals surface area (Å²) in [6.07, 6.45) is 5.73. The Morgan fingerprint density at radius 2 is 1.03 bits per heavy atom. The number of hydrogen-bond acceptors (Lipinski definition) is 3. The first kappa shape index (κ1) is 23.2. The molecule has 5 nitrogen and oxygen atoms in total. The number of amidine groups is 2. The van der Waals surface area contributed by atoms with Gasteiger partial charge in [0.2, 0.25) is 0 Å². The average molecular weight is 429 g/mol. The fraction of sp³-hybridized carbons (Fsp3) is 0.296. The van der Waals surface area contributed by atoms with Crippen molar-refractivity contribution in [2.24, 2.45) is 22.3 Å². The van der Waals surface area contributed by atoms with Gasteiger partial charge in [0.25, 0.3) is 0 Å². The number of nitrogens with one attached hydrogen (secondary N) is 2. The Hall–Kier alpha value is -3.47. The molecule has 5 heteroatoms. The molecule has 0 amide bonds. The van der Waals surface area contributed by atoms with Crippen LogP contribution < -0.4 is 11.5 Å². The van der Waals surface area contributed by atoms with Gasteiger partial charge in [-0.25, -0.2) is 0 Å². The summed E-state index contributed by atoms with van der Waals surface area (Å²) in [5, 5.41) is 15.2. The molecule has 0 unspecified atom stereocenters. The molecule has 166 valence electrons. The highest BCUT2D eigenvalue weighted by Crippen LogP contribution is 2.47. The zero-order chi connectivity index (χ0) is 23.7. The number of benzene rings is 2. The lowest BCUT2D eigenvalue weighted by atomic mass is 9.78. The summed E-state index contributed by atoms with van der Waals surface area (Å²) in [5.74, 6) is 0.111. The van der Waals surface area contributed by atoms with Crippen molar-refractivity contribution in [3.8, 4) is 0 Å². The van der Waals surface area contributed by atoms with E-state index in [1.165, 1.54) is 0 Å². The van der Waals surface area contributed by atoms with Gasteiger partial charge in [0.05, 0.1) is 0 Å². The number of nitrogen functional groups attached to an aromatic ring is 2. The number of ketones is 1. The van der Waals surface area contributed by atoms with Crippen LogP contribution in [-0.2, 0) is 4.79 Å². The Balaban J connectivity index is 2.08. The normalized spacial score (nSPS) is 20.2. The Morgan fingerprint density at radius 3 is 1.31 bits per heavy atom. The second-order valence-electron chi connectivity index (χ2n) is 9.78. The quantitative estimate of drug-likeness (QED) is 0.234. The number of rotatable bonds is 4. The maximum Gasteiger partial charge on any atom is 0.186 e. The fourth-order valence-corrected chi connectivity index (χ4v) is 4.03. The van der Waals surface area contributed by atoms with E-state index in [1.807, 2.05) is 36.4 Å². The standard InChI is InChI=1S/C27H32N4O/c1-26(2)13-14-27(3,4)22(16-18-7-11-20(12-8-18)25(30)31)23(32)21(26)15-17-5-9-19(10-6-17)24(28)29/h5-12,15-16H,13-14H2,1-4H3,(H3,28,29)(H3,30,31). The summed E-state index contributed by atoms with van der Waals surface area (Å²) in [5.41, 5.74) is 15.3. The van der Waals surface area contributed by atoms with Crippen molar-refractivity contribution in [2.45, 2.75) is 40.5 Å². The highest BCUT2D eigenvalue weighted by molar-refractivity contribution is 6.15. The number of carbonyl (C=O) groups is 1. The second-order valence-corrected chi connectivity index (χ2v) is 9.78. The van der Waals surface area contributed by atoms with Gasteiger partial charge in [0, 0.05) is 22.3 Å². The predicted molar refractivity (Wildman–Crippen MR) is 133 cm³/mol. The van der Waals surface area contributed by atoms with E-state index in [-0.39, 0.29) is 28.3 Å². The van der Waals surface area contributed by atoms with Gasteiger partial charge in [-0.15, -0.1) is 0 Å². The van der Waals surface area contributed by atoms with Crippen molar-refractivity contribution >= 4 is 29.6 Å². The fourth-order valence-electron chi connectivity index (χ4n) is 4.03. The highest BCUT2D eigenvalue weighted by Gasteiger charge is 2.40. The Labute approximate surface area is 190 Å². The molecule has 1 aliphatic carbocycles. The van der Waals surface area contributed by atoms with Crippen molar-refractivity contribution < 1.29 is 4.79 Å². The molecule has 0 aliphatic heterocycles. The van der Waals surface area contributed by atoms with Gasteiger partial charge in [-0.2, -0.15) is 0 Å². The molecule has 3 rings (SSSR count). The third kappa shape index (κ3) is 4.88. The maximum atomic E-state index is 13.9. The number of carbonyl (C=O) groups excluding carboxylic acids is 1. The molecule has 0 heterocycles. The van der Waals surface area contributed by atoms with Gasteiger partial charge >= 0.3 is 0 Å². The van der Waals surface area contributed by atoms with Crippen LogP contribution in [0.1, 0.15) is 62.8 Å². The summed E-state index contributed by atoms with van der Waals surface area (Å²) in [6, 6.07) is 14.8. The molecule has 0 radical (unpaired) electrons. The molecule has 0 aromatic heterocycles. The monoisotopic (exact) mass is 428 g/mol. The van der Waals surface area contributed by atoms with E-state index >= 15 is 0 Å². The minimum Gasteiger partial charge on any atom is -0.384 e. The van der Waals surface area contributed by atoms with Crippen LogP contribution in [0.5, 0.6) is 0 Å². The summed E-state index contributed by atoms with van der Waals surface area (Å²) in [7, 11) is 0. The largest absolute Gasteiger partial charge is 0.384 e. The van der Waals surface area contributed by atoms with Crippen LogP contribution in [0.25, 0.3) is 12.2 Å². The van der Waals surface area contributed by atoms with Crippen molar-refractivity contribution in [3.63, 3.8) is 0 Å². The molecule has 0 saturated heterocycles. The van der Waals surface area contributed by atoms with Crippen LogP contribution >= 0.6 is 0 Å². The molecule has 32 heavy (non-hydrogen) atoms. The first-order valence-corrected chi connectivity index (χ1v) is 10.8. The number of Topliss-reactive ketones (excluding diaryl/α,β-unsaturated/α-hetero) is 1. The van der Waals surface area contributed by atoms with Gasteiger partial charge in [0.1, 0.15) is 11.7 Å². The zero-order valence-electron chi connectivity index (χ0n) is 19.3. The van der Waals surface area contributed by atoms with E-state index in [9.17, 15) is 4.79 Å². The Morgan fingerprint density at radius 1 is 0.719 bits per heavy atom. The molecular weight excluding hydrogens is 396 g/mol. The molecule has 0 atom stereocenters. The molecule has 0 bridgehead atoms. The van der Waals surface area contributed by atoms with Crippen LogP contribution in [0.4, 0.5) is 0 Å². The lowest BCUT2D eigenvalue weighted by Gasteiger charge is -2.26. The minimum absolute atomic E-state index is 0.0258. The van der Waals surface area contributed by atoms with E-state index in [0.29, 0.717) is 11.1 Å². The second kappa shape index (κ2) is 8.58. The van der Waals surface area contributed by atoms with Crippen LogP contribution in [0.3, 0.4) is 0 Å². The van der Waals surface area contributed by atoms with Crippen molar-refractivity contribution in [3.05, 3.63) is 81.9 Å².